The summed E-state index contributed by atoms with van der Waals surface area (Å²) in [5.74, 6) is 0.490. The molecule has 1 saturated carbocycles. The molecular formula is C28H33N3O3S. The average molecular weight is 492 g/mol. The number of carbonyl (C=O) groups is 2. The molecule has 35 heavy (non-hydrogen) atoms. The van der Waals surface area contributed by atoms with Crippen molar-refractivity contribution in [2.24, 2.45) is 0 Å². The molecule has 1 fully saturated rings. The fourth-order valence-corrected chi connectivity index (χ4v) is 5.19. The van der Waals surface area contributed by atoms with E-state index in [1.54, 1.807) is 5.38 Å². The normalized spacial score (nSPS) is 17.6. The van der Waals surface area contributed by atoms with Gasteiger partial charge >= 0.3 is 0 Å². The minimum absolute atomic E-state index is 0.0988. The number of aryl methyl sites for hydroxylation is 3. The molecule has 1 aliphatic rings. The van der Waals surface area contributed by atoms with Crippen LogP contribution in [0.1, 0.15) is 75.2 Å². The Bertz CT molecular complexity index is 1150. The van der Waals surface area contributed by atoms with Crippen LogP contribution in [0.25, 0.3) is 0 Å². The number of hydrogen-bond donors (Lipinski definition) is 2. The highest BCUT2D eigenvalue weighted by Gasteiger charge is 2.29. The molecule has 0 unspecified atom stereocenters. The number of thiazole rings is 1. The minimum atomic E-state index is -0.211. The standard InChI is InChI=1S/C28H33N3O3S/c1-4-20-9-11-21(12-10-20)27(32)30-23-7-5-6-8-24(23)31-28(33)25-17-35-26(29-25)16-34-22-14-18(2)13-19(3)15-22/h9-15,17,23-24H,4-8,16H2,1-3H3,(H,30,32)(H,31,33)/t23-,24-/m0/s1. The molecule has 1 aliphatic carbocycles. The van der Waals surface area contributed by atoms with E-state index in [0.717, 1.165) is 54.0 Å². The molecule has 0 aliphatic heterocycles. The van der Waals surface area contributed by atoms with Crippen LogP contribution in [0.5, 0.6) is 5.75 Å². The Balaban J connectivity index is 1.34. The fraction of sp³-hybridized carbons (Fsp3) is 0.393. The van der Waals surface area contributed by atoms with Crippen LogP contribution in [0.4, 0.5) is 0 Å². The van der Waals surface area contributed by atoms with E-state index < -0.39 is 0 Å². The molecule has 1 heterocycles. The number of ether oxygens (including phenoxy) is 1. The Morgan fingerprint density at radius 2 is 1.60 bits per heavy atom. The van der Waals surface area contributed by atoms with Gasteiger partial charge in [-0.3, -0.25) is 9.59 Å². The highest BCUT2D eigenvalue weighted by atomic mass is 32.1. The Kier molecular flexibility index (Phi) is 8.18. The van der Waals surface area contributed by atoms with Crippen LogP contribution in [-0.2, 0) is 13.0 Å². The Morgan fingerprint density at radius 1 is 0.971 bits per heavy atom. The quantitative estimate of drug-likeness (QED) is 0.444. The SMILES string of the molecule is CCc1ccc(C(=O)N[C@H]2CCCC[C@@H]2NC(=O)c2csc(COc3cc(C)cc(C)c3)n2)cc1. The van der Waals surface area contributed by atoms with Gasteiger partial charge in [0.25, 0.3) is 11.8 Å². The smallest absolute Gasteiger partial charge is 0.271 e. The number of nitrogens with zero attached hydrogens (tertiary/aromatic N) is 1. The highest BCUT2D eigenvalue weighted by Crippen LogP contribution is 2.21. The van der Waals surface area contributed by atoms with Gasteiger partial charge in [0, 0.05) is 23.0 Å². The van der Waals surface area contributed by atoms with Gasteiger partial charge in [-0.1, -0.05) is 38.0 Å². The lowest BCUT2D eigenvalue weighted by atomic mass is 9.90. The fourth-order valence-electron chi connectivity index (χ4n) is 4.51. The molecular weight excluding hydrogens is 458 g/mol. The van der Waals surface area contributed by atoms with E-state index in [4.69, 9.17) is 4.74 Å². The molecule has 4 rings (SSSR count). The first-order valence-electron chi connectivity index (χ1n) is 12.3. The predicted molar refractivity (Wildman–Crippen MR) is 139 cm³/mol. The third-order valence-electron chi connectivity index (χ3n) is 6.37. The Hall–Kier alpha value is -3.19. The van der Waals surface area contributed by atoms with Crippen LogP contribution in [-0.4, -0.2) is 28.9 Å². The van der Waals surface area contributed by atoms with Gasteiger partial charge in [0.05, 0.1) is 0 Å². The number of amides is 2. The topological polar surface area (TPSA) is 80.3 Å². The van der Waals surface area contributed by atoms with E-state index in [0.29, 0.717) is 17.9 Å². The molecule has 7 heteroatoms. The van der Waals surface area contributed by atoms with Gasteiger partial charge in [-0.15, -0.1) is 11.3 Å². The molecule has 0 saturated heterocycles. The summed E-state index contributed by atoms with van der Waals surface area (Å²) < 4.78 is 5.88. The van der Waals surface area contributed by atoms with Crippen LogP contribution in [0.2, 0.25) is 0 Å². The summed E-state index contributed by atoms with van der Waals surface area (Å²) in [6.07, 6.45) is 4.67. The van der Waals surface area contributed by atoms with Crippen molar-refractivity contribution >= 4 is 23.2 Å². The third kappa shape index (κ3) is 6.69. The summed E-state index contributed by atoms with van der Waals surface area (Å²) in [5.41, 5.74) is 4.52. The zero-order valence-corrected chi connectivity index (χ0v) is 21.4. The zero-order chi connectivity index (χ0) is 24.8. The molecule has 6 nitrogen and oxygen atoms in total. The van der Waals surface area contributed by atoms with Gasteiger partial charge < -0.3 is 15.4 Å². The summed E-state index contributed by atoms with van der Waals surface area (Å²) in [6, 6.07) is 13.6. The average Bonchev–Trinajstić information content (AvgIpc) is 3.33. The Morgan fingerprint density at radius 3 is 2.23 bits per heavy atom. The maximum Gasteiger partial charge on any atom is 0.271 e. The number of hydrogen-bond acceptors (Lipinski definition) is 5. The van der Waals surface area contributed by atoms with Crippen molar-refractivity contribution in [1.29, 1.82) is 0 Å². The second-order valence-electron chi connectivity index (χ2n) is 9.23. The molecule has 0 radical (unpaired) electrons. The van der Waals surface area contributed by atoms with Gasteiger partial charge in [0.2, 0.25) is 0 Å². The first kappa shape index (κ1) is 24.9. The highest BCUT2D eigenvalue weighted by molar-refractivity contribution is 7.09. The van der Waals surface area contributed by atoms with Crippen LogP contribution < -0.4 is 15.4 Å². The van der Waals surface area contributed by atoms with Crippen LogP contribution in [0.3, 0.4) is 0 Å². The molecule has 2 atom stereocenters. The largest absolute Gasteiger partial charge is 0.486 e. The van der Waals surface area contributed by atoms with Crippen LogP contribution in [0, 0.1) is 13.8 Å². The molecule has 2 N–H and O–H groups in total. The number of rotatable bonds is 8. The minimum Gasteiger partial charge on any atom is -0.486 e. The van der Waals surface area contributed by atoms with Crippen molar-refractivity contribution < 1.29 is 14.3 Å². The van der Waals surface area contributed by atoms with E-state index in [1.165, 1.54) is 16.9 Å². The van der Waals surface area contributed by atoms with Crippen molar-refractivity contribution in [3.8, 4) is 5.75 Å². The number of benzene rings is 2. The Labute approximate surface area is 211 Å². The van der Waals surface area contributed by atoms with Crippen LogP contribution >= 0.6 is 11.3 Å². The van der Waals surface area contributed by atoms with Crippen molar-refractivity contribution in [3.05, 3.63) is 80.8 Å². The van der Waals surface area contributed by atoms with Gasteiger partial charge in [-0.05, 0) is 74.1 Å². The molecule has 1 aromatic heterocycles. The summed E-state index contributed by atoms with van der Waals surface area (Å²) in [6.45, 7) is 6.48. The number of aromatic nitrogens is 1. The van der Waals surface area contributed by atoms with E-state index in [9.17, 15) is 9.59 Å². The summed E-state index contributed by atoms with van der Waals surface area (Å²) in [4.78, 5) is 30.2. The second kappa shape index (κ2) is 11.5. The lowest BCUT2D eigenvalue weighted by Crippen LogP contribution is -2.53. The molecule has 184 valence electrons. The molecule has 0 spiro atoms. The van der Waals surface area contributed by atoms with Crippen molar-refractivity contribution in [2.75, 3.05) is 0 Å². The summed E-state index contributed by atoms with van der Waals surface area (Å²) in [5, 5.41) is 8.77. The third-order valence-corrected chi connectivity index (χ3v) is 7.19. The van der Waals surface area contributed by atoms with E-state index in [-0.39, 0.29) is 23.9 Å². The molecule has 0 bridgehead atoms. The predicted octanol–water partition coefficient (Wildman–Crippen LogP) is 5.37. The lowest BCUT2D eigenvalue weighted by Gasteiger charge is -2.32. The zero-order valence-electron chi connectivity index (χ0n) is 20.6. The molecule has 2 aromatic carbocycles. The number of carbonyl (C=O) groups excluding carboxylic acids is 2. The van der Waals surface area contributed by atoms with Gasteiger partial charge in [0.1, 0.15) is 23.1 Å². The van der Waals surface area contributed by atoms with E-state index in [2.05, 4.69) is 28.6 Å². The van der Waals surface area contributed by atoms with Gasteiger partial charge in [-0.25, -0.2) is 4.98 Å². The first-order chi connectivity index (χ1) is 16.9. The number of nitrogens with one attached hydrogen (secondary N) is 2. The van der Waals surface area contributed by atoms with Crippen molar-refractivity contribution in [1.82, 2.24) is 15.6 Å². The second-order valence-corrected chi connectivity index (χ2v) is 10.2. The van der Waals surface area contributed by atoms with Gasteiger partial charge in [0.15, 0.2) is 0 Å². The van der Waals surface area contributed by atoms with Crippen LogP contribution in [0.15, 0.2) is 47.8 Å². The van der Waals surface area contributed by atoms with Crippen molar-refractivity contribution in [2.45, 2.75) is 71.6 Å². The van der Waals surface area contributed by atoms with E-state index in [1.807, 2.05) is 50.2 Å². The summed E-state index contributed by atoms with van der Waals surface area (Å²) in [7, 11) is 0. The first-order valence-corrected chi connectivity index (χ1v) is 13.2. The maximum atomic E-state index is 12.9. The maximum absolute atomic E-state index is 12.9. The van der Waals surface area contributed by atoms with Crippen molar-refractivity contribution in [3.63, 3.8) is 0 Å². The molecule has 3 aromatic rings. The van der Waals surface area contributed by atoms with E-state index >= 15 is 0 Å². The molecule has 2 amide bonds. The summed E-state index contributed by atoms with van der Waals surface area (Å²) >= 11 is 1.41. The monoisotopic (exact) mass is 491 g/mol. The van der Waals surface area contributed by atoms with Gasteiger partial charge in [-0.2, -0.15) is 0 Å². The lowest BCUT2D eigenvalue weighted by molar-refractivity contribution is 0.0860.